The van der Waals surface area contributed by atoms with Gasteiger partial charge in [-0.25, -0.2) is 0 Å². The van der Waals surface area contributed by atoms with Gasteiger partial charge in [0.2, 0.25) is 5.91 Å². The van der Waals surface area contributed by atoms with Crippen LogP contribution in [-0.4, -0.2) is 14.7 Å². The molecule has 0 aliphatic carbocycles. The molecule has 0 aliphatic rings. The van der Waals surface area contributed by atoms with Gasteiger partial charge in [0, 0.05) is 11.8 Å². The molecule has 0 aliphatic heterocycles. The van der Waals surface area contributed by atoms with Crippen LogP contribution in [0.1, 0.15) is 6.92 Å². The third kappa shape index (κ3) is 2.80. The largest absolute Gasteiger partial charge is 0.768 e. The number of benzene rings is 1. The van der Waals surface area contributed by atoms with Crippen molar-refractivity contribution in [3.05, 3.63) is 23.2 Å². The van der Waals surface area contributed by atoms with Gasteiger partial charge in [0.1, 0.15) is 0 Å². The van der Waals surface area contributed by atoms with E-state index in [-0.39, 0.29) is 15.8 Å². The quantitative estimate of drug-likeness (QED) is 0.787. The highest BCUT2D eigenvalue weighted by molar-refractivity contribution is 7.79. The van der Waals surface area contributed by atoms with Gasteiger partial charge in [0.05, 0.1) is 10.7 Å². The molecule has 0 saturated heterocycles. The second kappa shape index (κ2) is 4.54. The van der Waals surface area contributed by atoms with Crippen LogP contribution in [0.25, 0.3) is 0 Å². The number of carbonyl (C=O) groups is 1. The molecule has 1 rings (SSSR count). The van der Waals surface area contributed by atoms with Crippen molar-refractivity contribution in [3.8, 4) is 0 Å². The van der Waals surface area contributed by atoms with Crippen molar-refractivity contribution >= 4 is 34.3 Å². The van der Waals surface area contributed by atoms with E-state index in [0.29, 0.717) is 5.69 Å². The molecule has 6 heteroatoms. The summed E-state index contributed by atoms with van der Waals surface area (Å²) in [6.45, 7) is 1.34. The number of hydrogen-bond acceptors (Lipinski definition) is 3. The molecule has 0 saturated carbocycles. The van der Waals surface area contributed by atoms with E-state index < -0.39 is 11.1 Å². The molecule has 0 heterocycles. The predicted octanol–water partition coefficient (Wildman–Crippen LogP) is 1.54. The Morgan fingerprint density at radius 2 is 2.21 bits per heavy atom. The van der Waals surface area contributed by atoms with E-state index in [4.69, 9.17) is 11.6 Å². The van der Waals surface area contributed by atoms with Gasteiger partial charge in [-0.3, -0.25) is 9.00 Å². The van der Waals surface area contributed by atoms with Gasteiger partial charge in [0.25, 0.3) is 0 Å². The Hall–Kier alpha value is -0.910. The Kier molecular flexibility index (Phi) is 3.62. The summed E-state index contributed by atoms with van der Waals surface area (Å²) in [6.07, 6.45) is 0. The first kappa shape index (κ1) is 11.2. The summed E-state index contributed by atoms with van der Waals surface area (Å²) < 4.78 is 21.1. The number of nitrogens with one attached hydrogen (secondary N) is 1. The molecule has 0 radical (unpaired) electrons. The monoisotopic (exact) mass is 232 g/mol. The lowest BCUT2D eigenvalue weighted by Crippen LogP contribution is -2.06. The standard InChI is InChI=1S/C8H8ClNO3S/c1-5(11)10-8-3-2-6(14(12)13)4-7(8)9/h2-4H,1H3,(H,10,11)(H,12,13)/p-1. The van der Waals surface area contributed by atoms with Gasteiger partial charge >= 0.3 is 0 Å². The lowest BCUT2D eigenvalue weighted by molar-refractivity contribution is -0.114. The lowest BCUT2D eigenvalue weighted by Gasteiger charge is -2.08. The number of hydrogen-bond donors (Lipinski definition) is 1. The van der Waals surface area contributed by atoms with Gasteiger partial charge in [-0.1, -0.05) is 11.6 Å². The van der Waals surface area contributed by atoms with E-state index in [1.54, 1.807) is 0 Å². The Morgan fingerprint density at radius 3 is 2.64 bits per heavy atom. The minimum atomic E-state index is -2.31. The minimum absolute atomic E-state index is 0.0871. The summed E-state index contributed by atoms with van der Waals surface area (Å²) >= 11 is 3.42. The van der Waals surface area contributed by atoms with Crippen LogP contribution in [0, 0.1) is 0 Å². The van der Waals surface area contributed by atoms with Crippen molar-refractivity contribution in [1.29, 1.82) is 0 Å². The SMILES string of the molecule is CC(=O)Nc1ccc(S(=O)[O-])cc1Cl. The molecule has 0 bridgehead atoms. The second-order valence-corrected chi connectivity index (χ2v) is 3.91. The summed E-state index contributed by atoms with van der Waals surface area (Å²) in [7, 11) is 0. The molecule has 1 aromatic carbocycles. The average Bonchev–Trinajstić information content (AvgIpc) is 2.07. The maximum absolute atomic E-state index is 10.7. The molecule has 0 fully saturated rings. The lowest BCUT2D eigenvalue weighted by atomic mass is 10.3. The fraction of sp³-hybridized carbons (Fsp3) is 0.125. The van der Waals surface area contributed by atoms with Crippen LogP contribution in [0.15, 0.2) is 23.1 Å². The zero-order valence-corrected chi connectivity index (χ0v) is 8.82. The fourth-order valence-electron chi connectivity index (χ4n) is 0.891. The highest BCUT2D eigenvalue weighted by Gasteiger charge is 2.03. The zero-order chi connectivity index (χ0) is 10.7. The third-order valence-corrected chi connectivity index (χ3v) is 2.40. The molecule has 14 heavy (non-hydrogen) atoms. The van der Waals surface area contributed by atoms with E-state index in [1.807, 2.05) is 0 Å². The topological polar surface area (TPSA) is 69.2 Å². The van der Waals surface area contributed by atoms with Crippen molar-refractivity contribution < 1.29 is 13.6 Å². The maximum atomic E-state index is 10.7. The average molecular weight is 233 g/mol. The number of anilines is 1. The summed E-state index contributed by atoms with van der Waals surface area (Å²) in [6, 6.07) is 4.07. The Balaban J connectivity index is 3.01. The number of carbonyl (C=O) groups excluding carboxylic acids is 1. The molecule has 0 aromatic heterocycles. The smallest absolute Gasteiger partial charge is 0.221 e. The van der Waals surface area contributed by atoms with Crippen LogP contribution < -0.4 is 5.32 Å². The second-order valence-electron chi connectivity index (χ2n) is 2.56. The first-order chi connectivity index (χ1) is 6.50. The zero-order valence-electron chi connectivity index (χ0n) is 7.24. The minimum Gasteiger partial charge on any atom is -0.768 e. The first-order valence-electron chi connectivity index (χ1n) is 3.67. The molecule has 1 N–H and O–H groups in total. The molecule has 1 amide bonds. The van der Waals surface area contributed by atoms with Crippen LogP contribution in [0.5, 0.6) is 0 Å². The van der Waals surface area contributed by atoms with E-state index >= 15 is 0 Å². The maximum Gasteiger partial charge on any atom is 0.221 e. The molecule has 1 aromatic rings. The van der Waals surface area contributed by atoms with Crippen LogP contribution in [-0.2, 0) is 15.9 Å². The van der Waals surface area contributed by atoms with E-state index in [1.165, 1.54) is 25.1 Å². The molecular formula is C8H7ClNO3S-. The highest BCUT2D eigenvalue weighted by atomic mass is 35.5. The third-order valence-electron chi connectivity index (χ3n) is 1.44. The molecule has 0 spiro atoms. The van der Waals surface area contributed by atoms with Gasteiger partial charge in [-0.2, -0.15) is 0 Å². The molecular weight excluding hydrogens is 226 g/mol. The summed E-state index contributed by atoms with van der Waals surface area (Å²) in [5.74, 6) is -0.261. The molecule has 76 valence electrons. The van der Waals surface area contributed by atoms with Crippen molar-refractivity contribution in [1.82, 2.24) is 0 Å². The van der Waals surface area contributed by atoms with Crippen molar-refractivity contribution in [3.63, 3.8) is 0 Å². The van der Waals surface area contributed by atoms with E-state index in [2.05, 4.69) is 5.32 Å². The van der Waals surface area contributed by atoms with Crippen molar-refractivity contribution in [2.24, 2.45) is 0 Å². The van der Waals surface area contributed by atoms with Crippen molar-refractivity contribution in [2.75, 3.05) is 5.32 Å². The normalized spacial score (nSPS) is 12.2. The Morgan fingerprint density at radius 1 is 1.57 bits per heavy atom. The number of amides is 1. The van der Waals surface area contributed by atoms with Crippen molar-refractivity contribution in [2.45, 2.75) is 11.8 Å². The molecule has 4 nitrogen and oxygen atoms in total. The molecule has 1 atom stereocenters. The first-order valence-corrected chi connectivity index (χ1v) is 5.12. The molecule has 1 unspecified atom stereocenters. The predicted molar refractivity (Wildman–Crippen MR) is 52.9 cm³/mol. The van der Waals surface area contributed by atoms with Gasteiger partial charge in [-0.05, 0) is 29.3 Å². The number of halogens is 1. The Labute approximate surface area is 88.6 Å². The number of rotatable bonds is 2. The van der Waals surface area contributed by atoms with Crippen LogP contribution in [0.3, 0.4) is 0 Å². The summed E-state index contributed by atoms with van der Waals surface area (Å²) in [4.78, 5) is 10.8. The summed E-state index contributed by atoms with van der Waals surface area (Å²) in [5.41, 5.74) is 0.397. The highest BCUT2D eigenvalue weighted by Crippen LogP contribution is 2.23. The van der Waals surface area contributed by atoms with Gasteiger partial charge in [-0.15, -0.1) is 0 Å². The van der Waals surface area contributed by atoms with Gasteiger partial charge in [0.15, 0.2) is 0 Å². The van der Waals surface area contributed by atoms with Crippen LogP contribution >= 0.6 is 11.6 Å². The Bertz CT molecular complexity index is 394. The van der Waals surface area contributed by atoms with Crippen LogP contribution in [0.4, 0.5) is 5.69 Å². The van der Waals surface area contributed by atoms with E-state index in [0.717, 1.165) is 0 Å². The van der Waals surface area contributed by atoms with E-state index in [9.17, 15) is 13.6 Å². The van der Waals surface area contributed by atoms with Gasteiger partial charge < -0.3 is 9.87 Å². The fourth-order valence-corrected chi connectivity index (χ4v) is 1.58. The van der Waals surface area contributed by atoms with Crippen LogP contribution in [0.2, 0.25) is 5.02 Å². The summed E-state index contributed by atoms with van der Waals surface area (Å²) in [5, 5.41) is 2.66.